The third kappa shape index (κ3) is 12.3. The Balaban J connectivity index is 0.00000882. The van der Waals surface area contributed by atoms with Gasteiger partial charge in [-0.05, 0) is 79.5 Å². The maximum absolute atomic E-state index is 15.4. The van der Waals surface area contributed by atoms with E-state index in [1.165, 1.54) is 17.6 Å². The number of aromatic nitrogens is 2. The van der Waals surface area contributed by atoms with Crippen LogP contribution in [0, 0.1) is 18.7 Å². The Labute approximate surface area is 448 Å². The van der Waals surface area contributed by atoms with Crippen molar-refractivity contribution in [2.75, 3.05) is 44.8 Å². The predicted octanol–water partition coefficient (Wildman–Crippen LogP) is 3.52. The number of halogens is 1. The van der Waals surface area contributed by atoms with E-state index in [2.05, 4.69) is 26.6 Å². The number of alkyl carbamates (subject to hydrolysis) is 1. The number of benzene rings is 2. The van der Waals surface area contributed by atoms with Gasteiger partial charge in [0.25, 0.3) is 17.4 Å². The second kappa shape index (κ2) is 24.6. The number of fused-ring (bicyclic) bond motifs is 5. The number of rotatable bonds is 22. The van der Waals surface area contributed by atoms with Gasteiger partial charge in [0.2, 0.25) is 23.6 Å². The molecule has 416 valence electrons. The van der Waals surface area contributed by atoms with E-state index >= 15 is 4.39 Å². The van der Waals surface area contributed by atoms with Crippen LogP contribution in [0.25, 0.3) is 22.3 Å². The first-order valence-electron chi connectivity index (χ1n) is 25.5. The normalized spacial score (nSPS) is 17.6. The second-order valence-corrected chi connectivity index (χ2v) is 19.6. The van der Waals surface area contributed by atoms with E-state index in [9.17, 15) is 48.3 Å². The van der Waals surface area contributed by atoms with Crippen LogP contribution in [-0.2, 0) is 84.3 Å². The molecule has 2 aromatic carbocycles. The van der Waals surface area contributed by atoms with Crippen molar-refractivity contribution >= 4 is 64.1 Å². The molecule has 0 unspecified atom stereocenters. The van der Waals surface area contributed by atoms with Crippen molar-refractivity contribution in [3.63, 3.8) is 0 Å². The van der Waals surface area contributed by atoms with Gasteiger partial charge < -0.3 is 55.2 Å². The molecule has 4 aliphatic rings. The summed E-state index contributed by atoms with van der Waals surface area (Å²) in [4.78, 5) is 120. The van der Waals surface area contributed by atoms with E-state index in [0.29, 0.717) is 63.1 Å². The molecule has 23 heteroatoms. The van der Waals surface area contributed by atoms with Gasteiger partial charge in [0.15, 0.2) is 5.60 Å². The smallest absolute Gasteiger partial charge is 0.407 e. The van der Waals surface area contributed by atoms with E-state index in [1.54, 1.807) is 58.0 Å². The molecule has 78 heavy (non-hydrogen) atoms. The van der Waals surface area contributed by atoms with Crippen molar-refractivity contribution in [1.82, 2.24) is 35.7 Å². The highest BCUT2D eigenvalue weighted by Crippen LogP contribution is 2.46. The van der Waals surface area contributed by atoms with E-state index in [4.69, 9.17) is 23.9 Å². The van der Waals surface area contributed by atoms with Crippen LogP contribution < -0.4 is 32.1 Å². The minimum atomic E-state index is -2.04. The molecule has 4 aromatic rings. The largest absolute Gasteiger partial charge is 0.458 e. The lowest BCUT2D eigenvalue weighted by Gasteiger charge is -2.31. The average molecular weight is 1080 g/mol. The van der Waals surface area contributed by atoms with E-state index in [-0.39, 0.29) is 109 Å². The van der Waals surface area contributed by atoms with Crippen molar-refractivity contribution in [2.45, 2.75) is 118 Å². The first kappa shape index (κ1) is 57.8. The van der Waals surface area contributed by atoms with Gasteiger partial charge in [-0.25, -0.2) is 19.0 Å². The zero-order chi connectivity index (χ0) is 55.3. The molecule has 0 radical (unpaired) electrons. The molecule has 6 N–H and O–H groups in total. The molecule has 1 aliphatic carbocycles. The number of hydrogen-bond acceptors (Lipinski definition) is 15. The summed E-state index contributed by atoms with van der Waals surface area (Å²) < 4.78 is 38.7. The topological polar surface area (TPSA) is 292 Å². The molecule has 0 saturated carbocycles. The monoisotopic (exact) mass is 1080 g/mol. The zero-order valence-corrected chi connectivity index (χ0v) is 43.3. The number of nitrogens with one attached hydrogen (secondary N) is 5. The number of ether oxygens (including phenoxy) is 4. The SMILES string of the molecule is C.CC[C@@]1(O)C(=O)OCc2c1cc1n(c2=O)Cc2c-1nc1cc(F)c(C)c3c1c2[C@@H](NC(=O)OCc1ccc(NC(=O)[C@H](C)NC(=O)[C@@H](NC(=O)CCOCCOCCNC(=O)CCN2C(=O)C=CC2=O)C(C)C)cc1)CC3. The van der Waals surface area contributed by atoms with Crippen molar-refractivity contribution in [3.8, 4) is 11.4 Å². The van der Waals surface area contributed by atoms with Crippen LogP contribution in [-0.4, -0.2) is 119 Å². The van der Waals surface area contributed by atoms with Gasteiger partial charge in [-0.3, -0.25) is 38.5 Å². The summed E-state index contributed by atoms with van der Waals surface area (Å²) in [5.74, 6) is -4.39. The number of nitrogens with zero attached hydrogens (tertiary/aromatic N) is 3. The predicted molar refractivity (Wildman–Crippen MR) is 280 cm³/mol. The summed E-state index contributed by atoms with van der Waals surface area (Å²) in [5, 5.41) is 25.8. The summed E-state index contributed by atoms with van der Waals surface area (Å²) in [6.07, 6.45) is 2.27. The Morgan fingerprint density at radius 1 is 0.897 bits per heavy atom. The Morgan fingerprint density at radius 3 is 2.29 bits per heavy atom. The number of aryl methyl sites for hydroxylation is 1. The quantitative estimate of drug-likeness (QED) is 0.0329. The molecule has 0 bridgehead atoms. The standard InChI is InChI=1S/C54H61FN8O14.CH4/c1-6-54(73)36-23-40-48-34(25-63(40)51(70)35(36)27-76-52(54)71)46-38(12-11-33-29(4)37(55)24-39(59-48)45(33)46)60-53(72)77-26-31-7-9-32(10-8-31)58-49(68)30(5)57-50(69)47(28(2)3)61-42(65)16-19-74-21-22-75-20-17-56-41(64)15-18-62-43(66)13-14-44(62)67;/h7-10,13-14,23-24,28,30,38,47,73H,6,11-12,15-22,25-27H2,1-5H3,(H,56,64)(H,57,69)(H,58,68)(H,60,72)(H,61,65);1H4/t30-,38-,47-,54-;/m0./s1. The van der Waals surface area contributed by atoms with Crippen LogP contribution in [0.15, 0.2) is 53.3 Å². The Morgan fingerprint density at radius 2 is 1.60 bits per heavy atom. The van der Waals surface area contributed by atoms with Crippen LogP contribution >= 0.6 is 0 Å². The van der Waals surface area contributed by atoms with Gasteiger partial charge in [-0.2, -0.15) is 0 Å². The number of carbonyl (C=O) groups excluding carboxylic acids is 8. The summed E-state index contributed by atoms with van der Waals surface area (Å²) in [6.45, 7) is 8.75. The minimum absolute atomic E-state index is 0. The molecule has 0 fully saturated rings. The van der Waals surface area contributed by atoms with Gasteiger partial charge in [0.1, 0.15) is 31.1 Å². The highest BCUT2D eigenvalue weighted by Gasteiger charge is 2.46. The third-order valence-electron chi connectivity index (χ3n) is 14.2. The molecule has 2 aromatic heterocycles. The van der Waals surface area contributed by atoms with Gasteiger partial charge >= 0.3 is 12.1 Å². The maximum atomic E-state index is 15.4. The summed E-state index contributed by atoms with van der Waals surface area (Å²) in [5.41, 5.74) is 2.38. The van der Waals surface area contributed by atoms with Crippen LogP contribution in [0.1, 0.15) is 106 Å². The maximum Gasteiger partial charge on any atom is 0.407 e. The van der Waals surface area contributed by atoms with E-state index in [0.717, 1.165) is 22.6 Å². The Kier molecular flexibility index (Phi) is 18.2. The summed E-state index contributed by atoms with van der Waals surface area (Å²) >= 11 is 0. The number of carbonyl (C=O) groups is 8. The van der Waals surface area contributed by atoms with Gasteiger partial charge in [-0.1, -0.05) is 40.3 Å². The van der Waals surface area contributed by atoms with Gasteiger partial charge in [-0.15, -0.1) is 0 Å². The van der Waals surface area contributed by atoms with Crippen molar-refractivity contribution < 1.29 is 66.8 Å². The number of esters is 1. The highest BCUT2D eigenvalue weighted by molar-refractivity contribution is 6.13. The fourth-order valence-corrected chi connectivity index (χ4v) is 9.82. The number of imide groups is 1. The Hall–Kier alpha value is -7.89. The van der Waals surface area contributed by atoms with Gasteiger partial charge in [0.05, 0.1) is 61.5 Å². The van der Waals surface area contributed by atoms with Crippen molar-refractivity contribution in [2.24, 2.45) is 5.92 Å². The van der Waals surface area contributed by atoms with E-state index < -0.39 is 76.7 Å². The number of aliphatic hydroxyl groups is 1. The number of amides is 7. The number of cyclic esters (lactones) is 1. The Bertz CT molecular complexity index is 3120. The first-order chi connectivity index (χ1) is 36.8. The molecule has 5 heterocycles. The molecule has 22 nitrogen and oxygen atoms in total. The number of anilines is 1. The summed E-state index contributed by atoms with van der Waals surface area (Å²) in [7, 11) is 0. The second-order valence-electron chi connectivity index (χ2n) is 19.6. The molecular weight excluding hydrogens is 1020 g/mol. The lowest BCUT2D eigenvalue weighted by Crippen LogP contribution is -2.53. The van der Waals surface area contributed by atoms with Crippen LogP contribution in [0.3, 0.4) is 0 Å². The fraction of sp³-hybridized carbons (Fsp3) is 0.455. The highest BCUT2D eigenvalue weighted by atomic mass is 19.1. The van der Waals surface area contributed by atoms with Crippen LogP contribution in [0.4, 0.5) is 14.9 Å². The molecule has 8 rings (SSSR count). The van der Waals surface area contributed by atoms with Crippen LogP contribution in [0.2, 0.25) is 0 Å². The minimum Gasteiger partial charge on any atom is -0.458 e. The molecular formula is C55H65FN8O14. The molecule has 0 saturated heterocycles. The lowest BCUT2D eigenvalue weighted by atomic mass is 9.81. The fourth-order valence-electron chi connectivity index (χ4n) is 9.82. The van der Waals surface area contributed by atoms with Crippen LogP contribution in [0.5, 0.6) is 0 Å². The molecule has 4 atom stereocenters. The molecule has 0 spiro atoms. The van der Waals surface area contributed by atoms with Gasteiger partial charge in [0, 0.05) is 66.4 Å². The van der Waals surface area contributed by atoms with Crippen molar-refractivity contribution in [1.29, 1.82) is 0 Å². The summed E-state index contributed by atoms with van der Waals surface area (Å²) in [6, 6.07) is 6.89. The molecule has 3 aliphatic heterocycles. The average Bonchev–Trinajstić information content (AvgIpc) is 3.84. The lowest BCUT2D eigenvalue weighted by molar-refractivity contribution is -0.172. The third-order valence-corrected chi connectivity index (χ3v) is 14.2. The first-order valence-corrected chi connectivity index (χ1v) is 25.5. The molecule has 7 amide bonds. The number of hydrogen-bond donors (Lipinski definition) is 6. The zero-order valence-electron chi connectivity index (χ0n) is 43.3. The van der Waals surface area contributed by atoms with E-state index in [1.807, 2.05) is 0 Å². The van der Waals surface area contributed by atoms with Crippen molar-refractivity contribution in [3.05, 3.63) is 104 Å². The number of pyridine rings is 2.